The third-order valence-electron chi connectivity index (χ3n) is 5.20. The molecule has 3 rings (SSSR count). The van der Waals surface area contributed by atoms with Crippen molar-refractivity contribution in [2.75, 3.05) is 39.4 Å². The number of carbonyl (C=O) groups excluding carboxylic acids is 4. The van der Waals surface area contributed by atoms with Gasteiger partial charge < -0.3 is 25.0 Å². The van der Waals surface area contributed by atoms with Crippen LogP contribution in [-0.4, -0.2) is 80.0 Å². The summed E-state index contributed by atoms with van der Waals surface area (Å²) in [6, 6.07) is -0.911. The highest BCUT2D eigenvalue weighted by Gasteiger charge is 2.43. The second kappa shape index (κ2) is 11.4. The molecule has 0 aromatic heterocycles. The fourth-order valence-electron chi connectivity index (χ4n) is 3.52. The Kier molecular flexibility index (Phi) is 8.61. The zero-order valence-corrected chi connectivity index (χ0v) is 17.7. The van der Waals surface area contributed by atoms with Crippen LogP contribution in [0.4, 0.5) is 0 Å². The first-order chi connectivity index (χ1) is 14.7. The molecule has 0 aromatic rings. The van der Waals surface area contributed by atoms with Crippen molar-refractivity contribution in [2.45, 2.75) is 37.0 Å². The van der Waals surface area contributed by atoms with Crippen molar-refractivity contribution in [3.63, 3.8) is 0 Å². The maximum absolute atomic E-state index is 12.9. The summed E-state index contributed by atoms with van der Waals surface area (Å²) in [5.41, 5.74) is 1.40. The molecule has 1 fully saturated rings. The van der Waals surface area contributed by atoms with Crippen molar-refractivity contribution >= 4 is 36.3 Å². The number of hydrogen-bond donors (Lipinski definition) is 3. The van der Waals surface area contributed by atoms with Gasteiger partial charge in [0.1, 0.15) is 12.6 Å². The highest BCUT2D eigenvalue weighted by Crippen LogP contribution is 2.34. The van der Waals surface area contributed by atoms with Gasteiger partial charge in [0, 0.05) is 49.1 Å². The maximum Gasteiger partial charge on any atom is 0.263 e. The average molecular weight is 437 g/mol. The molecule has 164 valence electrons. The van der Waals surface area contributed by atoms with E-state index in [0.29, 0.717) is 67.3 Å². The number of hydrogen-bond acceptors (Lipinski definition) is 9. The van der Waals surface area contributed by atoms with E-state index in [9.17, 15) is 19.2 Å². The number of carbonyl (C=O) groups is 4. The van der Waals surface area contributed by atoms with Crippen molar-refractivity contribution in [3.8, 4) is 0 Å². The van der Waals surface area contributed by atoms with Crippen LogP contribution in [0.3, 0.4) is 0 Å². The van der Waals surface area contributed by atoms with Crippen LogP contribution in [0.1, 0.15) is 25.7 Å². The molecule has 3 N–H and O–H groups in total. The molecular weight excluding hydrogens is 408 g/mol. The molecule has 10 heteroatoms. The molecular formula is C20H28N4O5S. The minimum atomic E-state index is -0.911. The normalized spacial score (nSPS) is 20.0. The van der Waals surface area contributed by atoms with Gasteiger partial charge in [-0.15, -0.1) is 0 Å². The molecule has 0 saturated carbocycles. The minimum Gasteiger partial charge on any atom is -0.382 e. The summed E-state index contributed by atoms with van der Waals surface area (Å²) in [4.78, 5) is 48.6. The Labute approximate surface area is 180 Å². The largest absolute Gasteiger partial charge is 0.382 e. The minimum absolute atomic E-state index is 0.119. The Morgan fingerprint density at radius 2 is 2.03 bits per heavy atom. The van der Waals surface area contributed by atoms with Gasteiger partial charge in [0.25, 0.3) is 11.8 Å². The lowest BCUT2D eigenvalue weighted by Crippen LogP contribution is -2.46. The van der Waals surface area contributed by atoms with E-state index in [-0.39, 0.29) is 12.8 Å². The molecule has 30 heavy (non-hydrogen) atoms. The molecule has 2 aliphatic heterocycles. The topological polar surface area (TPSA) is 117 Å². The third kappa shape index (κ3) is 5.37. The van der Waals surface area contributed by atoms with Crippen LogP contribution >= 0.6 is 11.9 Å². The van der Waals surface area contributed by atoms with E-state index in [1.165, 1.54) is 0 Å². The van der Waals surface area contributed by atoms with Crippen LogP contribution < -0.4 is 15.4 Å². The van der Waals surface area contributed by atoms with Crippen molar-refractivity contribution < 1.29 is 23.9 Å². The smallest absolute Gasteiger partial charge is 0.263 e. The molecule has 0 spiro atoms. The van der Waals surface area contributed by atoms with Gasteiger partial charge in [-0.1, -0.05) is 18.0 Å². The molecule has 1 atom stereocenters. The quantitative estimate of drug-likeness (QED) is 0.146. The van der Waals surface area contributed by atoms with Crippen molar-refractivity contribution in [1.29, 1.82) is 0 Å². The molecule has 2 heterocycles. The molecule has 2 amide bonds. The highest BCUT2D eigenvalue weighted by molar-refractivity contribution is 7.98. The van der Waals surface area contributed by atoms with E-state index in [1.807, 2.05) is 6.08 Å². The van der Waals surface area contributed by atoms with E-state index in [4.69, 9.17) is 4.74 Å². The molecule has 0 aromatic carbocycles. The van der Waals surface area contributed by atoms with Crippen molar-refractivity contribution in [2.24, 2.45) is 0 Å². The zero-order valence-electron chi connectivity index (χ0n) is 16.9. The fourth-order valence-corrected chi connectivity index (χ4v) is 4.36. The molecule has 3 aliphatic rings. The second-order valence-corrected chi connectivity index (χ2v) is 8.46. The number of nitrogens with one attached hydrogen (secondary N) is 3. The van der Waals surface area contributed by atoms with Gasteiger partial charge in [-0.25, -0.2) is 0 Å². The van der Waals surface area contributed by atoms with Gasteiger partial charge in [-0.3, -0.25) is 19.2 Å². The summed E-state index contributed by atoms with van der Waals surface area (Å²) in [5, 5.41) is 7.04. The van der Waals surface area contributed by atoms with Crippen LogP contribution in [0.2, 0.25) is 0 Å². The Morgan fingerprint density at radius 1 is 1.23 bits per heavy atom. The van der Waals surface area contributed by atoms with Crippen LogP contribution in [0.15, 0.2) is 22.9 Å². The molecule has 1 unspecified atom stereocenters. The third-order valence-corrected chi connectivity index (χ3v) is 6.23. The number of nitrogens with zero attached hydrogens (tertiary/aromatic N) is 1. The number of amides is 2. The van der Waals surface area contributed by atoms with E-state index in [1.54, 1.807) is 11.9 Å². The summed E-state index contributed by atoms with van der Waals surface area (Å²) in [5.74, 6) is -0.893. The first-order valence-corrected chi connectivity index (χ1v) is 11.2. The predicted octanol–water partition coefficient (Wildman–Crippen LogP) is -0.308. The van der Waals surface area contributed by atoms with Gasteiger partial charge in [-0.2, -0.15) is 0 Å². The standard InChI is InChI=1S/C20H28N4O5S/c25-8-2-3-14(13-26)24-19(27)16-4-1-5-17(18(16)20(24)28)22-6-9-29-10-7-23-30-15-11-21-12-15/h5,8,13-15,21-23H,1-4,6-7,9-12H2. The number of imide groups is 1. The van der Waals surface area contributed by atoms with E-state index >= 15 is 0 Å². The molecule has 9 nitrogen and oxygen atoms in total. The van der Waals surface area contributed by atoms with Crippen molar-refractivity contribution in [3.05, 3.63) is 22.9 Å². The lowest BCUT2D eigenvalue weighted by molar-refractivity contribution is -0.143. The zero-order chi connectivity index (χ0) is 21.3. The van der Waals surface area contributed by atoms with Gasteiger partial charge in [0.2, 0.25) is 0 Å². The summed E-state index contributed by atoms with van der Waals surface area (Å²) in [7, 11) is 0. The van der Waals surface area contributed by atoms with Gasteiger partial charge in [0.05, 0.1) is 24.8 Å². The van der Waals surface area contributed by atoms with E-state index < -0.39 is 17.9 Å². The number of aldehydes is 2. The Balaban J connectivity index is 1.44. The van der Waals surface area contributed by atoms with Crippen LogP contribution in [0, 0.1) is 0 Å². The lowest BCUT2D eigenvalue weighted by atomic mass is 9.96. The van der Waals surface area contributed by atoms with Crippen molar-refractivity contribution in [1.82, 2.24) is 20.3 Å². The van der Waals surface area contributed by atoms with Crippen LogP contribution in [0.25, 0.3) is 0 Å². The first kappa shape index (κ1) is 22.7. The average Bonchev–Trinajstić information content (AvgIpc) is 2.97. The monoisotopic (exact) mass is 436 g/mol. The van der Waals surface area contributed by atoms with Gasteiger partial charge in [0.15, 0.2) is 0 Å². The molecule has 0 radical (unpaired) electrons. The second-order valence-electron chi connectivity index (χ2n) is 7.27. The molecule has 1 aliphatic carbocycles. The number of allylic oxidation sites excluding steroid dienone is 1. The molecule has 1 saturated heterocycles. The van der Waals surface area contributed by atoms with Gasteiger partial charge in [-0.05, 0) is 19.3 Å². The number of rotatable bonds is 14. The van der Waals surface area contributed by atoms with Crippen LogP contribution in [0.5, 0.6) is 0 Å². The van der Waals surface area contributed by atoms with Gasteiger partial charge >= 0.3 is 0 Å². The van der Waals surface area contributed by atoms with Crippen LogP contribution in [-0.2, 0) is 23.9 Å². The summed E-state index contributed by atoms with van der Waals surface area (Å²) < 4.78 is 8.88. The Hall–Kier alpha value is -2.01. The Morgan fingerprint density at radius 3 is 2.73 bits per heavy atom. The first-order valence-electron chi connectivity index (χ1n) is 10.3. The van der Waals surface area contributed by atoms with E-state index in [0.717, 1.165) is 24.5 Å². The fraction of sp³-hybridized carbons (Fsp3) is 0.600. The maximum atomic E-state index is 12.9. The SMILES string of the molecule is O=CCCC(C=O)N1C(=O)C2=C(C1=O)C(NCCOCCNSC1CNC1)=CCC2. The Bertz CT molecular complexity index is 735. The summed E-state index contributed by atoms with van der Waals surface area (Å²) >= 11 is 1.73. The predicted molar refractivity (Wildman–Crippen MR) is 112 cm³/mol. The lowest BCUT2D eigenvalue weighted by Gasteiger charge is -2.26. The highest BCUT2D eigenvalue weighted by atomic mass is 32.2. The summed E-state index contributed by atoms with van der Waals surface area (Å²) in [6.07, 6.45) is 4.53. The molecule has 0 bridgehead atoms. The number of ether oxygens (including phenoxy) is 1. The van der Waals surface area contributed by atoms with E-state index in [2.05, 4.69) is 15.4 Å². The summed E-state index contributed by atoms with van der Waals surface area (Å²) in [6.45, 7) is 4.41.